The molecule has 0 aliphatic carbocycles. The number of hydrogen-bond acceptors (Lipinski definition) is 4. The van der Waals surface area contributed by atoms with E-state index in [1.165, 1.54) is 10.5 Å². The molecule has 1 N–H and O–H groups in total. The second-order valence-electron chi connectivity index (χ2n) is 8.34. The maximum atomic E-state index is 12.8. The highest BCUT2D eigenvalue weighted by Crippen LogP contribution is 2.24. The minimum absolute atomic E-state index is 0.0355. The van der Waals surface area contributed by atoms with Gasteiger partial charge < -0.3 is 15.1 Å². The fourth-order valence-electron chi connectivity index (χ4n) is 4.36. The summed E-state index contributed by atoms with van der Waals surface area (Å²) >= 11 is 1.71. The van der Waals surface area contributed by atoms with Gasteiger partial charge >= 0.3 is 0 Å². The molecule has 2 heterocycles. The first kappa shape index (κ1) is 22.4. The molecule has 6 nitrogen and oxygen atoms in total. The lowest BCUT2D eigenvalue weighted by Crippen LogP contribution is -2.60. The molecular formula is C25H29N3O3S. The summed E-state index contributed by atoms with van der Waals surface area (Å²) in [5.74, 6) is -0.0376. The minimum atomic E-state index is -0.299. The second-order valence-corrected chi connectivity index (χ2v) is 9.22. The van der Waals surface area contributed by atoms with Crippen molar-refractivity contribution in [3.05, 3.63) is 65.2 Å². The summed E-state index contributed by atoms with van der Waals surface area (Å²) in [5, 5.41) is 2.96. The number of piperidine rings is 1. The second kappa shape index (κ2) is 10.2. The van der Waals surface area contributed by atoms with Crippen LogP contribution in [-0.2, 0) is 22.6 Å². The van der Waals surface area contributed by atoms with E-state index in [2.05, 4.69) is 35.8 Å². The maximum Gasteiger partial charge on any atom is 0.251 e. The molecule has 4 rings (SSSR count). The van der Waals surface area contributed by atoms with Gasteiger partial charge in [-0.05, 0) is 67.3 Å². The Hall–Kier alpha value is -2.80. The number of fused-ring (bicyclic) bond motifs is 1. The first-order valence-corrected chi connectivity index (χ1v) is 12.4. The van der Waals surface area contributed by atoms with Gasteiger partial charge in [0.2, 0.25) is 11.8 Å². The third-order valence-electron chi connectivity index (χ3n) is 6.19. The molecule has 0 aromatic heterocycles. The van der Waals surface area contributed by atoms with E-state index in [9.17, 15) is 14.4 Å². The van der Waals surface area contributed by atoms with Crippen LogP contribution >= 0.6 is 11.8 Å². The van der Waals surface area contributed by atoms with Crippen molar-refractivity contribution in [3.8, 4) is 0 Å². The molecule has 0 spiro atoms. The Morgan fingerprint density at radius 2 is 1.75 bits per heavy atom. The Morgan fingerprint density at radius 3 is 2.47 bits per heavy atom. The third kappa shape index (κ3) is 5.15. The highest BCUT2D eigenvalue weighted by Gasteiger charge is 2.40. The van der Waals surface area contributed by atoms with Crippen molar-refractivity contribution < 1.29 is 14.4 Å². The van der Waals surface area contributed by atoms with Crippen LogP contribution in [0.3, 0.4) is 0 Å². The topological polar surface area (TPSA) is 69.7 Å². The van der Waals surface area contributed by atoms with Crippen LogP contribution in [-0.4, -0.2) is 59.5 Å². The summed E-state index contributed by atoms with van der Waals surface area (Å²) in [4.78, 5) is 42.3. The molecule has 2 aliphatic rings. The highest BCUT2D eigenvalue weighted by molar-refractivity contribution is 7.98. The minimum Gasteiger partial charge on any atom is -0.352 e. The van der Waals surface area contributed by atoms with Gasteiger partial charge in [0, 0.05) is 30.1 Å². The SMILES string of the molecule is CSc1ccc(CCNC(=O)c2ccc(CN3CC(=O)N4CCCC[C@@H]4C3=O)cc2)cc1. The van der Waals surface area contributed by atoms with E-state index >= 15 is 0 Å². The smallest absolute Gasteiger partial charge is 0.251 e. The molecule has 0 unspecified atom stereocenters. The lowest BCUT2D eigenvalue weighted by atomic mass is 9.98. The van der Waals surface area contributed by atoms with Crippen LogP contribution in [0.5, 0.6) is 0 Å². The zero-order valence-electron chi connectivity index (χ0n) is 18.4. The van der Waals surface area contributed by atoms with Crippen LogP contribution < -0.4 is 5.32 Å². The molecule has 168 valence electrons. The molecule has 2 aliphatic heterocycles. The van der Waals surface area contributed by atoms with Gasteiger partial charge in [-0.2, -0.15) is 0 Å². The number of amides is 3. The molecule has 0 bridgehead atoms. The van der Waals surface area contributed by atoms with Crippen molar-refractivity contribution >= 4 is 29.5 Å². The number of carbonyl (C=O) groups is 3. The molecule has 3 amide bonds. The quantitative estimate of drug-likeness (QED) is 0.657. The van der Waals surface area contributed by atoms with Crippen molar-refractivity contribution in [2.75, 3.05) is 25.9 Å². The fraction of sp³-hybridized carbons (Fsp3) is 0.400. The van der Waals surface area contributed by atoms with Crippen molar-refractivity contribution in [2.45, 2.75) is 43.2 Å². The van der Waals surface area contributed by atoms with E-state index in [-0.39, 0.29) is 30.3 Å². The van der Waals surface area contributed by atoms with E-state index in [0.717, 1.165) is 31.2 Å². The van der Waals surface area contributed by atoms with E-state index in [4.69, 9.17) is 0 Å². The average molecular weight is 452 g/mol. The number of thioether (sulfide) groups is 1. The molecular weight excluding hydrogens is 422 g/mol. The molecule has 2 saturated heterocycles. The van der Waals surface area contributed by atoms with Crippen LogP contribution in [0, 0.1) is 0 Å². The largest absolute Gasteiger partial charge is 0.352 e. The van der Waals surface area contributed by atoms with E-state index in [0.29, 0.717) is 25.2 Å². The molecule has 2 fully saturated rings. The summed E-state index contributed by atoms with van der Waals surface area (Å²) in [6, 6.07) is 15.3. The Morgan fingerprint density at radius 1 is 1.03 bits per heavy atom. The van der Waals surface area contributed by atoms with Crippen molar-refractivity contribution in [1.82, 2.24) is 15.1 Å². The summed E-state index contributed by atoms with van der Waals surface area (Å²) in [6.45, 7) is 1.79. The molecule has 1 atom stereocenters. The van der Waals surface area contributed by atoms with Crippen molar-refractivity contribution in [3.63, 3.8) is 0 Å². The molecule has 2 aromatic rings. The molecule has 0 saturated carbocycles. The Bertz CT molecular complexity index is 975. The van der Waals surface area contributed by atoms with Gasteiger partial charge in [-0.3, -0.25) is 14.4 Å². The van der Waals surface area contributed by atoms with E-state index in [1.807, 2.05) is 12.1 Å². The summed E-state index contributed by atoms with van der Waals surface area (Å²) in [6.07, 6.45) is 5.54. The van der Waals surface area contributed by atoms with E-state index < -0.39 is 0 Å². The summed E-state index contributed by atoms with van der Waals surface area (Å²) in [5.41, 5.74) is 2.70. The molecule has 2 aromatic carbocycles. The lowest BCUT2D eigenvalue weighted by molar-refractivity contribution is -0.158. The number of benzene rings is 2. The zero-order valence-corrected chi connectivity index (χ0v) is 19.2. The molecule has 0 radical (unpaired) electrons. The van der Waals surface area contributed by atoms with Crippen LogP contribution in [0.4, 0.5) is 0 Å². The number of nitrogens with zero attached hydrogens (tertiary/aromatic N) is 2. The number of carbonyl (C=O) groups excluding carboxylic acids is 3. The van der Waals surface area contributed by atoms with Crippen molar-refractivity contribution in [2.24, 2.45) is 0 Å². The van der Waals surface area contributed by atoms with Crippen molar-refractivity contribution in [1.29, 1.82) is 0 Å². The number of rotatable bonds is 7. The van der Waals surface area contributed by atoms with Crippen LogP contribution in [0.15, 0.2) is 53.4 Å². The molecule has 32 heavy (non-hydrogen) atoms. The standard InChI is InChI=1S/C25H29N3O3S/c1-32-21-11-7-18(8-12-21)13-14-26-24(30)20-9-5-19(6-10-20)16-27-17-23(29)28-15-3-2-4-22(28)25(27)31/h5-12,22H,2-4,13-17H2,1H3,(H,26,30)/t22-/m1/s1. The summed E-state index contributed by atoms with van der Waals surface area (Å²) in [7, 11) is 0. The van der Waals surface area contributed by atoms with Gasteiger partial charge in [-0.25, -0.2) is 0 Å². The Kier molecular flexibility index (Phi) is 7.15. The van der Waals surface area contributed by atoms with Gasteiger partial charge in [0.1, 0.15) is 12.6 Å². The van der Waals surface area contributed by atoms with Gasteiger partial charge in [0.25, 0.3) is 5.91 Å². The van der Waals surface area contributed by atoms with Gasteiger partial charge in [-0.1, -0.05) is 24.3 Å². The Labute approximate surface area is 193 Å². The van der Waals surface area contributed by atoms with E-state index in [1.54, 1.807) is 33.7 Å². The van der Waals surface area contributed by atoms with Gasteiger partial charge in [0.05, 0.1) is 0 Å². The first-order valence-electron chi connectivity index (χ1n) is 11.1. The monoisotopic (exact) mass is 451 g/mol. The average Bonchev–Trinajstić information content (AvgIpc) is 2.83. The van der Waals surface area contributed by atoms with Crippen LogP contribution in [0.1, 0.15) is 40.7 Å². The lowest BCUT2D eigenvalue weighted by Gasteiger charge is -2.42. The predicted molar refractivity (Wildman–Crippen MR) is 125 cm³/mol. The third-order valence-corrected chi connectivity index (χ3v) is 6.94. The van der Waals surface area contributed by atoms with Crippen LogP contribution in [0.2, 0.25) is 0 Å². The zero-order chi connectivity index (χ0) is 22.5. The fourth-order valence-corrected chi connectivity index (χ4v) is 4.77. The maximum absolute atomic E-state index is 12.8. The van der Waals surface area contributed by atoms with Gasteiger partial charge in [-0.15, -0.1) is 11.8 Å². The Balaban J connectivity index is 1.29. The predicted octanol–water partition coefficient (Wildman–Crippen LogP) is 3.10. The highest BCUT2D eigenvalue weighted by atomic mass is 32.2. The number of hydrogen-bond donors (Lipinski definition) is 1. The normalized spacial score (nSPS) is 18.5. The molecule has 7 heteroatoms. The van der Waals surface area contributed by atoms with Gasteiger partial charge in [0.15, 0.2) is 0 Å². The summed E-state index contributed by atoms with van der Waals surface area (Å²) < 4.78 is 0. The number of nitrogens with one attached hydrogen (secondary N) is 1. The first-order chi connectivity index (χ1) is 15.5. The number of piperazine rings is 1. The van der Waals surface area contributed by atoms with Crippen LogP contribution in [0.25, 0.3) is 0 Å².